The van der Waals surface area contributed by atoms with Crippen molar-refractivity contribution in [3.8, 4) is 17.6 Å². The second kappa shape index (κ2) is 5.38. The first-order chi connectivity index (χ1) is 7.81. The van der Waals surface area contributed by atoms with Crippen LogP contribution in [0.5, 0.6) is 5.75 Å². The molecule has 16 heavy (non-hydrogen) atoms. The Labute approximate surface area is 105 Å². The Kier molecular flexibility index (Phi) is 3.87. The molecule has 0 bridgehead atoms. The molecule has 0 atom stereocenters. The molecule has 0 saturated carbocycles. The van der Waals surface area contributed by atoms with Gasteiger partial charge in [0.2, 0.25) is 0 Å². The van der Waals surface area contributed by atoms with E-state index in [-0.39, 0.29) is 0 Å². The Morgan fingerprint density at radius 1 is 1.50 bits per heavy atom. The third kappa shape index (κ3) is 2.58. The summed E-state index contributed by atoms with van der Waals surface area (Å²) in [5.74, 6) is 6.91. The fourth-order valence-corrected chi connectivity index (χ4v) is 2.38. The summed E-state index contributed by atoms with van der Waals surface area (Å²) in [6.45, 7) is 4.17. The summed E-state index contributed by atoms with van der Waals surface area (Å²) in [5, 5.41) is 3.29. The van der Waals surface area contributed by atoms with Crippen molar-refractivity contribution in [3.63, 3.8) is 0 Å². The average molecular weight is 280 g/mol. The summed E-state index contributed by atoms with van der Waals surface area (Å²) < 4.78 is 6.77. The molecular weight excluding hydrogens is 266 g/mol. The molecule has 1 aliphatic rings. The number of fused-ring (bicyclic) bond motifs is 1. The minimum absolute atomic E-state index is 0.720. The molecule has 0 spiro atoms. The maximum atomic E-state index is 5.64. The first-order valence-corrected chi connectivity index (χ1v) is 6.15. The van der Waals surface area contributed by atoms with Gasteiger partial charge in [-0.3, -0.25) is 0 Å². The molecule has 1 aliphatic heterocycles. The topological polar surface area (TPSA) is 21.3 Å². The van der Waals surface area contributed by atoms with Crippen LogP contribution in [-0.2, 0) is 13.0 Å². The molecule has 0 aromatic heterocycles. The lowest BCUT2D eigenvalue weighted by molar-refractivity contribution is 0.352. The molecule has 2 rings (SSSR count). The molecule has 1 N–H and O–H groups in total. The van der Waals surface area contributed by atoms with Gasteiger partial charge < -0.3 is 10.1 Å². The van der Waals surface area contributed by atoms with Crippen LogP contribution in [0.1, 0.15) is 18.1 Å². The van der Waals surface area contributed by atoms with Gasteiger partial charge in [0.25, 0.3) is 0 Å². The molecule has 0 saturated heterocycles. The first-order valence-electron chi connectivity index (χ1n) is 5.35. The van der Waals surface area contributed by atoms with E-state index in [2.05, 4.69) is 45.2 Å². The molecule has 0 radical (unpaired) electrons. The van der Waals surface area contributed by atoms with Crippen LogP contribution in [0.15, 0.2) is 16.6 Å². The fourth-order valence-electron chi connectivity index (χ4n) is 1.83. The van der Waals surface area contributed by atoms with Crippen molar-refractivity contribution in [2.24, 2.45) is 0 Å². The van der Waals surface area contributed by atoms with Gasteiger partial charge in [-0.2, -0.15) is 0 Å². The highest BCUT2D eigenvalue weighted by molar-refractivity contribution is 9.10. The van der Waals surface area contributed by atoms with Gasteiger partial charge in [-0.25, -0.2) is 0 Å². The summed E-state index contributed by atoms with van der Waals surface area (Å²) in [4.78, 5) is 0. The van der Waals surface area contributed by atoms with Gasteiger partial charge in [0.1, 0.15) is 5.75 Å². The third-order valence-electron chi connectivity index (χ3n) is 2.53. The molecule has 2 nitrogen and oxygen atoms in total. The largest absolute Gasteiger partial charge is 0.493 e. The van der Waals surface area contributed by atoms with Gasteiger partial charge in [0, 0.05) is 23.0 Å². The predicted molar refractivity (Wildman–Crippen MR) is 68.5 cm³/mol. The molecule has 1 aromatic rings. The number of nitrogens with one attached hydrogen (secondary N) is 1. The number of ether oxygens (including phenoxy) is 1. The highest BCUT2D eigenvalue weighted by Gasteiger charge is 2.16. The number of hydrogen-bond donors (Lipinski definition) is 1. The van der Waals surface area contributed by atoms with Crippen molar-refractivity contribution in [1.29, 1.82) is 0 Å². The van der Waals surface area contributed by atoms with Gasteiger partial charge in [-0.1, -0.05) is 21.9 Å². The maximum Gasteiger partial charge on any atom is 0.127 e. The number of rotatable bonds is 3. The zero-order chi connectivity index (χ0) is 11.4. The van der Waals surface area contributed by atoms with Crippen LogP contribution in [0.2, 0.25) is 0 Å². The van der Waals surface area contributed by atoms with Crippen LogP contribution in [0.4, 0.5) is 0 Å². The molecule has 0 unspecified atom stereocenters. The van der Waals surface area contributed by atoms with Crippen molar-refractivity contribution in [3.05, 3.63) is 27.7 Å². The summed E-state index contributed by atoms with van der Waals surface area (Å²) in [6, 6.07) is 4.24. The maximum absolute atomic E-state index is 5.64. The molecule has 0 fully saturated rings. The van der Waals surface area contributed by atoms with E-state index in [1.54, 1.807) is 0 Å². The Hall–Kier alpha value is -0.980. The number of benzene rings is 1. The van der Waals surface area contributed by atoms with Crippen molar-refractivity contribution in [2.75, 3.05) is 13.2 Å². The Morgan fingerprint density at radius 3 is 3.19 bits per heavy atom. The van der Waals surface area contributed by atoms with Crippen LogP contribution in [0, 0.1) is 11.8 Å². The van der Waals surface area contributed by atoms with Gasteiger partial charge in [-0.05, 0) is 24.6 Å². The van der Waals surface area contributed by atoms with E-state index in [1.165, 1.54) is 11.1 Å². The van der Waals surface area contributed by atoms with Crippen LogP contribution in [0.25, 0.3) is 0 Å². The van der Waals surface area contributed by atoms with Crippen LogP contribution < -0.4 is 10.1 Å². The van der Waals surface area contributed by atoms with Crippen LogP contribution in [0.3, 0.4) is 0 Å². The normalized spacial score (nSPS) is 12.6. The molecule has 0 amide bonds. The van der Waals surface area contributed by atoms with E-state index in [4.69, 9.17) is 4.74 Å². The molecule has 3 heteroatoms. The second-order valence-corrected chi connectivity index (χ2v) is 4.60. The summed E-state index contributed by atoms with van der Waals surface area (Å²) >= 11 is 3.53. The zero-order valence-electron chi connectivity index (χ0n) is 9.27. The van der Waals surface area contributed by atoms with Crippen LogP contribution >= 0.6 is 15.9 Å². The Balaban J connectivity index is 2.10. The number of halogens is 1. The Bertz CT molecular complexity index is 445. The Morgan fingerprint density at radius 2 is 2.38 bits per heavy atom. The minimum atomic E-state index is 0.720. The smallest absolute Gasteiger partial charge is 0.127 e. The fraction of sp³-hybridized carbons (Fsp3) is 0.385. The SMILES string of the molecule is CC#CCNCc1cc(Br)cc2c1OCC2. The van der Waals surface area contributed by atoms with Gasteiger partial charge >= 0.3 is 0 Å². The van der Waals surface area contributed by atoms with Gasteiger partial charge in [-0.15, -0.1) is 5.92 Å². The summed E-state index contributed by atoms with van der Waals surface area (Å²) in [6.07, 6.45) is 1.01. The highest BCUT2D eigenvalue weighted by Crippen LogP contribution is 2.32. The lowest BCUT2D eigenvalue weighted by atomic mass is 10.1. The van der Waals surface area contributed by atoms with Gasteiger partial charge in [0.05, 0.1) is 13.2 Å². The van der Waals surface area contributed by atoms with E-state index in [1.807, 2.05) is 6.92 Å². The molecular formula is C13H14BrNO. The third-order valence-corrected chi connectivity index (χ3v) is 2.99. The molecule has 1 aromatic carbocycles. The molecule has 84 valence electrons. The van der Waals surface area contributed by atoms with Crippen LogP contribution in [-0.4, -0.2) is 13.2 Å². The first kappa shape index (κ1) is 11.5. The van der Waals surface area contributed by atoms with Crippen molar-refractivity contribution in [1.82, 2.24) is 5.32 Å². The predicted octanol–water partition coefficient (Wildman–Crippen LogP) is 2.50. The van der Waals surface area contributed by atoms with E-state index in [0.717, 1.165) is 36.3 Å². The quantitative estimate of drug-likeness (QED) is 0.678. The van der Waals surface area contributed by atoms with E-state index >= 15 is 0 Å². The second-order valence-electron chi connectivity index (χ2n) is 3.68. The summed E-state index contributed by atoms with van der Waals surface area (Å²) in [7, 11) is 0. The lowest BCUT2D eigenvalue weighted by Crippen LogP contribution is -2.13. The highest BCUT2D eigenvalue weighted by atomic mass is 79.9. The van der Waals surface area contributed by atoms with E-state index < -0.39 is 0 Å². The van der Waals surface area contributed by atoms with Crippen molar-refractivity contribution < 1.29 is 4.74 Å². The molecule has 1 heterocycles. The van der Waals surface area contributed by atoms with Crippen molar-refractivity contribution >= 4 is 15.9 Å². The average Bonchev–Trinajstić information content (AvgIpc) is 2.72. The number of hydrogen-bond acceptors (Lipinski definition) is 2. The van der Waals surface area contributed by atoms with E-state index in [9.17, 15) is 0 Å². The minimum Gasteiger partial charge on any atom is -0.493 e. The van der Waals surface area contributed by atoms with Gasteiger partial charge in [0.15, 0.2) is 0 Å². The summed E-state index contributed by atoms with van der Waals surface area (Å²) in [5.41, 5.74) is 2.51. The van der Waals surface area contributed by atoms with E-state index in [0.29, 0.717) is 0 Å². The lowest BCUT2D eigenvalue weighted by Gasteiger charge is -2.08. The molecule has 0 aliphatic carbocycles. The standard InChI is InChI=1S/C13H14BrNO/c1-2-3-5-15-9-11-8-12(14)7-10-4-6-16-13(10)11/h7-8,15H,4-6,9H2,1H3. The van der Waals surface area contributed by atoms with Crippen molar-refractivity contribution in [2.45, 2.75) is 19.9 Å². The zero-order valence-corrected chi connectivity index (χ0v) is 10.9. The monoisotopic (exact) mass is 279 g/mol.